The van der Waals surface area contributed by atoms with Crippen molar-refractivity contribution >= 4 is 5.91 Å². The van der Waals surface area contributed by atoms with Crippen LogP contribution in [-0.4, -0.2) is 21.0 Å². The first kappa shape index (κ1) is 21.3. The van der Waals surface area contributed by atoms with Gasteiger partial charge in [-0.3, -0.25) is 4.79 Å². The van der Waals surface area contributed by atoms with Crippen LogP contribution in [0.25, 0.3) is 11.4 Å². The minimum Gasteiger partial charge on any atom is -0.343 e. The molecule has 6 nitrogen and oxygen atoms in total. The van der Waals surface area contributed by atoms with Crippen molar-refractivity contribution in [3.63, 3.8) is 0 Å². The number of nitrogens with zero attached hydrogens (tertiary/aromatic N) is 3. The van der Waals surface area contributed by atoms with E-state index in [1.165, 1.54) is 19.1 Å². The van der Waals surface area contributed by atoms with Crippen molar-refractivity contribution in [1.29, 1.82) is 0 Å². The van der Waals surface area contributed by atoms with Crippen molar-refractivity contribution in [2.24, 2.45) is 0 Å². The van der Waals surface area contributed by atoms with E-state index >= 15 is 0 Å². The van der Waals surface area contributed by atoms with Crippen molar-refractivity contribution in [3.05, 3.63) is 64.8 Å². The summed E-state index contributed by atoms with van der Waals surface area (Å²) in [4.78, 5) is 19.5. The van der Waals surface area contributed by atoms with E-state index in [0.717, 1.165) is 18.2 Å². The van der Waals surface area contributed by atoms with Crippen LogP contribution in [0.4, 0.5) is 26.3 Å². The van der Waals surface area contributed by atoms with E-state index in [1.54, 1.807) is 0 Å². The standard InChI is InChI=1S/C18H12F6N4O2/c1-9-12(6-7-13(26-9)18(22,23)24)16(29)25-8-14-27-15(28-30-14)10-2-4-11(5-3-10)17(19,20)21/h2-7H,8H2,1H3,(H,25,29). The van der Waals surface area contributed by atoms with Gasteiger partial charge in [-0.15, -0.1) is 0 Å². The maximum atomic E-state index is 12.6. The molecule has 30 heavy (non-hydrogen) atoms. The predicted octanol–water partition coefficient (Wildman–Crippen LogP) is 4.41. The third kappa shape index (κ3) is 4.75. The van der Waals surface area contributed by atoms with Crippen LogP contribution in [0.15, 0.2) is 40.9 Å². The molecule has 1 N–H and O–H groups in total. The maximum absolute atomic E-state index is 12.6. The average Bonchev–Trinajstić information content (AvgIpc) is 3.14. The highest BCUT2D eigenvalue weighted by Crippen LogP contribution is 2.30. The quantitative estimate of drug-likeness (QED) is 0.621. The third-order valence-electron chi connectivity index (χ3n) is 3.96. The molecule has 0 spiro atoms. The molecule has 158 valence electrons. The zero-order valence-corrected chi connectivity index (χ0v) is 15.1. The van der Waals surface area contributed by atoms with Crippen LogP contribution in [0.5, 0.6) is 0 Å². The summed E-state index contributed by atoms with van der Waals surface area (Å²) < 4.78 is 80.7. The fourth-order valence-electron chi connectivity index (χ4n) is 2.46. The molecular formula is C18H12F6N4O2. The van der Waals surface area contributed by atoms with Gasteiger partial charge in [-0.1, -0.05) is 17.3 Å². The van der Waals surface area contributed by atoms with Gasteiger partial charge in [-0.2, -0.15) is 31.3 Å². The van der Waals surface area contributed by atoms with Gasteiger partial charge in [0.15, 0.2) is 0 Å². The summed E-state index contributed by atoms with van der Waals surface area (Å²) in [5, 5.41) is 6.03. The summed E-state index contributed by atoms with van der Waals surface area (Å²) in [6, 6.07) is 5.78. The molecule has 0 fully saturated rings. The normalized spacial score (nSPS) is 12.1. The lowest BCUT2D eigenvalue weighted by Gasteiger charge is -2.09. The van der Waals surface area contributed by atoms with Crippen LogP contribution in [0, 0.1) is 6.92 Å². The van der Waals surface area contributed by atoms with Crippen molar-refractivity contribution in [3.8, 4) is 11.4 Å². The summed E-state index contributed by atoms with van der Waals surface area (Å²) in [5.41, 5.74) is -1.85. The van der Waals surface area contributed by atoms with E-state index in [-0.39, 0.29) is 35.1 Å². The first-order valence-electron chi connectivity index (χ1n) is 8.28. The van der Waals surface area contributed by atoms with Gasteiger partial charge in [-0.25, -0.2) is 4.98 Å². The summed E-state index contributed by atoms with van der Waals surface area (Å²) in [6.07, 6.45) is -9.10. The molecule has 0 aliphatic rings. The summed E-state index contributed by atoms with van der Waals surface area (Å²) >= 11 is 0. The van der Waals surface area contributed by atoms with E-state index in [9.17, 15) is 31.1 Å². The Bertz CT molecular complexity index is 1060. The number of rotatable bonds is 4. The zero-order valence-electron chi connectivity index (χ0n) is 15.1. The summed E-state index contributed by atoms with van der Waals surface area (Å²) in [7, 11) is 0. The topological polar surface area (TPSA) is 80.9 Å². The van der Waals surface area contributed by atoms with Crippen molar-refractivity contribution in [2.45, 2.75) is 25.8 Å². The Labute approximate surface area is 164 Å². The molecule has 3 rings (SSSR count). The Morgan fingerprint density at radius 2 is 1.63 bits per heavy atom. The number of carbonyl (C=O) groups excluding carboxylic acids is 1. The number of aromatic nitrogens is 3. The molecule has 1 aromatic carbocycles. The van der Waals surface area contributed by atoms with Crippen molar-refractivity contribution in [2.75, 3.05) is 0 Å². The summed E-state index contributed by atoms with van der Waals surface area (Å²) in [5.74, 6) is -0.737. The second-order valence-corrected chi connectivity index (χ2v) is 6.10. The first-order valence-corrected chi connectivity index (χ1v) is 8.28. The molecule has 0 bridgehead atoms. The number of benzene rings is 1. The van der Waals surface area contributed by atoms with Gasteiger partial charge in [0, 0.05) is 5.56 Å². The number of hydrogen-bond donors (Lipinski definition) is 1. The van der Waals surface area contributed by atoms with Gasteiger partial charge in [0.05, 0.1) is 23.4 Å². The van der Waals surface area contributed by atoms with Gasteiger partial charge >= 0.3 is 12.4 Å². The Morgan fingerprint density at radius 3 is 2.20 bits per heavy atom. The second kappa shape index (κ2) is 7.76. The van der Waals surface area contributed by atoms with Gasteiger partial charge < -0.3 is 9.84 Å². The molecule has 0 saturated carbocycles. The van der Waals surface area contributed by atoms with Crippen molar-refractivity contribution < 1.29 is 35.7 Å². The molecule has 0 aliphatic carbocycles. The molecule has 2 aromatic heterocycles. The highest BCUT2D eigenvalue weighted by molar-refractivity contribution is 5.95. The lowest BCUT2D eigenvalue weighted by molar-refractivity contribution is -0.141. The van der Waals surface area contributed by atoms with Crippen LogP contribution in [0.2, 0.25) is 0 Å². The lowest BCUT2D eigenvalue weighted by Crippen LogP contribution is -2.24. The number of halogens is 6. The van der Waals surface area contributed by atoms with Gasteiger partial charge in [0.1, 0.15) is 5.69 Å². The van der Waals surface area contributed by atoms with E-state index in [4.69, 9.17) is 4.52 Å². The van der Waals surface area contributed by atoms with Crippen molar-refractivity contribution in [1.82, 2.24) is 20.4 Å². The smallest absolute Gasteiger partial charge is 0.343 e. The molecular weight excluding hydrogens is 418 g/mol. The number of hydrogen-bond acceptors (Lipinski definition) is 5. The molecule has 0 atom stereocenters. The number of alkyl halides is 6. The molecule has 0 saturated heterocycles. The maximum Gasteiger partial charge on any atom is 0.433 e. The highest BCUT2D eigenvalue weighted by atomic mass is 19.4. The Hall–Kier alpha value is -3.44. The van der Waals surface area contributed by atoms with Crippen LogP contribution in [0.1, 0.15) is 33.2 Å². The minimum atomic E-state index is -4.63. The van der Waals surface area contributed by atoms with E-state index in [2.05, 4.69) is 20.4 Å². The van der Waals surface area contributed by atoms with E-state index in [0.29, 0.717) is 6.07 Å². The number of carbonyl (C=O) groups is 1. The monoisotopic (exact) mass is 430 g/mol. The Kier molecular flexibility index (Phi) is 5.51. The van der Waals surface area contributed by atoms with Crippen LogP contribution in [0.3, 0.4) is 0 Å². The molecule has 2 heterocycles. The molecule has 0 radical (unpaired) electrons. The highest BCUT2D eigenvalue weighted by Gasteiger charge is 2.33. The number of nitrogens with one attached hydrogen (secondary N) is 1. The van der Waals surface area contributed by atoms with Crippen LogP contribution >= 0.6 is 0 Å². The lowest BCUT2D eigenvalue weighted by atomic mass is 10.1. The number of pyridine rings is 1. The first-order chi connectivity index (χ1) is 13.9. The molecule has 1 amide bonds. The fourth-order valence-corrected chi connectivity index (χ4v) is 2.46. The SMILES string of the molecule is Cc1nc(C(F)(F)F)ccc1C(=O)NCc1nc(-c2ccc(C(F)(F)F)cc2)no1. The molecule has 3 aromatic rings. The third-order valence-corrected chi connectivity index (χ3v) is 3.96. The van der Waals surface area contributed by atoms with Crippen LogP contribution in [-0.2, 0) is 18.9 Å². The average molecular weight is 430 g/mol. The Balaban J connectivity index is 1.66. The second-order valence-electron chi connectivity index (χ2n) is 6.10. The minimum absolute atomic E-state index is 0.0142. The molecule has 12 heteroatoms. The molecule has 0 aliphatic heterocycles. The fraction of sp³-hybridized carbons (Fsp3) is 0.222. The zero-order chi connectivity index (χ0) is 22.1. The largest absolute Gasteiger partial charge is 0.433 e. The van der Waals surface area contributed by atoms with Gasteiger partial charge in [-0.05, 0) is 31.2 Å². The summed E-state index contributed by atoms with van der Waals surface area (Å²) in [6.45, 7) is 1.02. The molecule has 0 unspecified atom stereocenters. The number of amides is 1. The Morgan fingerprint density at radius 1 is 0.967 bits per heavy atom. The van der Waals surface area contributed by atoms with E-state index < -0.39 is 29.5 Å². The van der Waals surface area contributed by atoms with E-state index in [1.807, 2.05) is 0 Å². The van der Waals surface area contributed by atoms with Gasteiger partial charge in [0.2, 0.25) is 11.7 Å². The number of aryl methyl sites for hydroxylation is 1. The van der Waals surface area contributed by atoms with Crippen LogP contribution < -0.4 is 5.32 Å². The van der Waals surface area contributed by atoms with Gasteiger partial charge in [0.25, 0.3) is 5.91 Å². The predicted molar refractivity (Wildman–Crippen MR) is 89.9 cm³/mol.